The predicted octanol–water partition coefficient (Wildman–Crippen LogP) is 0.294. The molecule has 10 heteroatoms. The maximum absolute atomic E-state index is 12.7. The van der Waals surface area contributed by atoms with Crippen LogP contribution in [0.1, 0.15) is 19.3 Å². The van der Waals surface area contributed by atoms with Gasteiger partial charge in [-0.3, -0.25) is 4.79 Å². The Kier molecular flexibility index (Phi) is 4.45. The number of sulfonamides is 1. The summed E-state index contributed by atoms with van der Waals surface area (Å²) >= 11 is 3.08. The summed E-state index contributed by atoms with van der Waals surface area (Å²) < 4.78 is 32.6. The van der Waals surface area contributed by atoms with Crippen molar-refractivity contribution < 1.29 is 17.9 Å². The molecule has 0 aromatic carbocycles. The molecule has 2 rings (SSSR count). The molecule has 1 aliphatic rings. The van der Waals surface area contributed by atoms with Crippen LogP contribution in [0.25, 0.3) is 0 Å². The number of nitrogens with zero attached hydrogens (tertiary/aromatic N) is 4. The maximum Gasteiger partial charge on any atom is 0.324 e. The second-order valence-corrected chi connectivity index (χ2v) is 7.02. The van der Waals surface area contributed by atoms with Gasteiger partial charge in [0.15, 0.2) is 4.60 Å². The average molecular weight is 367 g/mol. The smallest absolute Gasteiger partial charge is 0.324 e. The number of methoxy groups -OCH3 is 1. The van der Waals surface area contributed by atoms with Gasteiger partial charge in [-0.25, -0.2) is 13.1 Å². The molecule has 1 aliphatic heterocycles. The molecule has 20 heavy (non-hydrogen) atoms. The van der Waals surface area contributed by atoms with Crippen molar-refractivity contribution in [3.05, 3.63) is 4.60 Å². The molecule has 1 unspecified atom stereocenters. The molecule has 0 radical (unpaired) electrons. The van der Waals surface area contributed by atoms with E-state index in [0.717, 1.165) is 6.42 Å². The minimum Gasteiger partial charge on any atom is -0.468 e. The largest absolute Gasteiger partial charge is 0.468 e. The van der Waals surface area contributed by atoms with Gasteiger partial charge in [0.25, 0.3) is 10.0 Å². The molecule has 0 spiro atoms. The van der Waals surface area contributed by atoms with Gasteiger partial charge >= 0.3 is 5.97 Å². The van der Waals surface area contributed by atoms with Crippen molar-refractivity contribution in [1.29, 1.82) is 0 Å². The Hall–Kier alpha value is -1.00. The number of aryl methyl sites for hydroxylation is 1. The van der Waals surface area contributed by atoms with Crippen LogP contribution in [0.15, 0.2) is 9.63 Å². The molecule has 1 aromatic rings. The summed E-state index contributed by atoms with van der Waals surface area (Å²) in [5.41, 5.74) is 0. The highest BCUT2D eigenvalue weighted by Gasteiger charge is 2.40. The Labute approximate surface area is 125 Å². The summed E-state index contributed by atoms with van der Waals surface area (Å²) in [4.78, 5) is 11.8. The molecule has 1 aromatic heterocycles. The van der Waals surface area contributed by atoms with Crippen molar-refractivity contribution in [3.8, 4) is 0 Å². The van der Waals surface area contributed by atoms with Gasteiger partial charge in [0.1, 0.15) is 6.04 Å². The van der Waals surface area contributed by atoms with Gasteiger partial charge in [-0.05, 0) is 35.2 Å². The number of piperidine rings is 1. The van der Waals surface area contributed by atoms with Crippen molar-refractivity contribution >= 4 is 31.9 Å². The number of hydrogen-bond donors (Lipinski definition) is 0. The first-order valence-electron chi connectivity index (χ1n) is 6.04. The highest BCUT2D eigenvalue weighted by atomic mass is 79.9. The van der Waals surface area contributed by atoms with Gasteiger partial charge in [0.05, 0.1) is 7.11 Å². The number of hydrogen-bond acceptors (Lipinski definition) is 6. The first kappa shape index (κ1) is 15.4. The van der Waals surface area contributed by atoms with Crippen molar-refractivity contribution in [2.75, 3.05) is 13.7 Å². The summed E-state index contributed by atoms with van der Waals surface area (Å²) in [6.45, 7) is 0.277. The molecule has 2 heterocycles. The van der Waals surface area contributed by atoms with Crippen LogP contribution in [0.2, 0.25) is 0 Å². The fourth-order valence-corrected chi connectivity index (χ4v) is 4.96. The number of rotatable bonds is 3. The topological polar surface area (TPSA) is 94.4 Å². The molecular weight excluding hydrogens is 352 g/mol. The minimum atomic E-state index is -3.86. The molecule has 0 saturated carbocycles. The van der Waals surface area contributed by atoms with Gasteiger partial charge in [-0.1, -0.05) is 5.21 Å². The van der Waals surface area contributed by atoms with E-state index in [9.17, 15) is 13.2 Å². The van der Waals surface area contributed by atoms with E-state index in [-0.39, 0.29) is 16.2 Å². The summed E-state index contributed by atoms with van der Waals surface area (Å²) in [6, 6.07) is -0.791. The van der Waals surface area contributed by atoms with Crippen LogP contribution in [-0.4, -0.2) is 53.4 Å². The Bertz CT molecular complexity index is 595. The minimum absolute atomic E-state index is 0.0618. The van der Waals surface area contributed by atoms with Crippen LogP contribution in [0, 0.1) is 0 Å². The summed E-state index contributed by atoms with van der Waals surface area (Å²) in [7, 11) is -1.12. The van der Waals surface area contributed by atoms with E-state index < -0.39 is 22.0 Å². The molecular formula is C10H15BrN4O4S. The van der Waals surface area contributed by atoms with Crippen LogP contribution in [0.4, 0.5) is 0 Å². The highest BCUT2D eigenvalue weighted by Crippen LogP contribution is 2.28. The lowest BCUT2D eigenvalue weighted by Crippen LogP contribution is -2.48. The summed E-state index contributed by atoms with van der Waals surface area (Å²) in [6.07, 6.45) is 1.95. The Balaban J connectivity index is 2.44. The third-order valence-electron chi connectivity index (χ3n) is 3.22. The normalized spacial score (nSPS) is 20.9. The number of carbonyl (C=O) groups excluding carboxylic acids is 1. The van der Waals surface area contributed by atoms with Gasteiger partial charge in [0, 0.05) is 13.6 Å². The number of ether oxygens (including phenoxy) is 1. The Morgan fingerprint density at radius 1 is 1.45 bits per heavy atom. The fraction of sp³-hybridized carbons (Fsp3) is 0.700. The van der Waals surface area contributed by atoms with E-state index in [2.05, 4.69) is 26.2 Å². The lowest BCUT2D eigenvalue weighted by molar-refractivity contribution is -0.146. The SMILES string of the molecule is COC(=O)C1CCCCN1S(=O)(=O)c1c(Br)nnn1C. The summed E-state index contributed by atoms with van der Waals surface area (Å²) in [5.74, 6) is -0.542. The molecule has 8 nitrogen and oxygen atoms in total. The molecule has 112 valence electrons. The second kappa shape index (κ2) is 5.78. The van der Waals surface area contributed by atoms with Crippen molar-refractivity contribution in [3.63, 3.8) is 0 Å². The zero-order valence-electron chi connectivity index (χ0n) is 11.1. The van der Waals surface area contributed by atoms with E-state index >= 15 is 0 Å². The zero-order valence-corrected chi connectivity index (χ0v) is 13.5. The molecule has 1 atom stereocenters. The van der Waals surface area contributed by atoms with E-state index in [1.807, 2.05) is 0 Å². The second-order valence-electron chi connectivity index (χ2n) is 4.46. The van der Waals surface area contributed by atoms with Crippen LogP contribution in [0.5, 0.6) is 0 Å². The first-order valence-corrected chi connectivity index (χ1v) is 8.27. The van der Waals surface area contributed by atoms with E-state index in [1.54, 1.807) is 0 Å². The van der Waals surface area contributed by atoms with E-state index in [0.29, 0.717) is 12.8 Å². The van der Waals surface area contributed by atoms with Gasteiger partial charge < -0.3 is 4.74 Å². The van der Waals surface area contributed by atoms with Crippen molar-refractivity contribution in [2.24, 2.45) is 7.05 Å². The van der Waals surface area contributed by atoms with Crippen LogP contribution >= 0.6 is 15.9 Å². The number of esters is 1. The van der Waals surface area contributed by atoms with Crippen LogP contribution in [0.3, 0.4) is 0 Å². The average Bonchev–Trinajstić information content (AvgIpc) is 2.77. The summed E-state index contributed by atoms with van der Waals surface area (Å²) in [5, 5.41) is 7.28. The highest BCUT2D eigenvalue weighted by molar-refractivity contribution is 9.10. The third kappa shape index (κ3) is 2.59. The van der Waals surface area contributed by atoms with Gasteiger partial charge in [-0.15, -0.1) is 5.10 Å². The van der Waals surface area contributed by atoms with Crippen LogP contribution in [-0.2, 0) is 26.6 Å². The molecule has 0 amide bonds. The maximum atomic E-state index is 12.7. The quantitative estimate of drug-likeness (QED) is 0.713. The zero-order chi connectivity index (χ0) is 14.9. The molecule has 0 N–H and O–H groups in total. The van der Waals surface area contributed by atoms with E-state index in [4.69, 9.17) is 4.74 Å². The standard InChI is InChI=1S/C10H15BrN4O4S/c1-14-9(8(11)12-13-14)20(17,18)15-6-4-3-5-7(15)10(16)19-2/h7H,3-6H2,1-2H3. The molecule has 0 aliphatic carbocycles. The first-order chi connectivity index (χ1) is 9.39. The lowest BCUT2D eigenvalue weighted by atomic mass is 10.1. The lowest BCUT2D eigenvalue weighted by Gasteiger charge is -2.32. The third-order valence-corrected chi connectivity index (χ3v) is 6.01. The van der Waals surface area contributed by atoms with E-state index in [1.165, 1.54) is 23.1 Å². The fourth-order valence-electron chi connectivity index (χ4n) is 2.27. The predicted molar refractivity (Wildman–Crippen MR) is 72.2 cm³/mol. The number of aromatic nitrogens is 3. The van der Waals surface area contributed by atoms with Crippen LogP contribution < -0.4 is 0 Å². The molecule has 0 bridgehead atoms. The Morgan fingerprint density at radius 2 is 2.15 bits per heavy atom. The number of halogens is 1. The molecule has 1 saturated heterocycles. The number of carbonyl (C=O) groups is 1. The molecule has 1 fully saturated rings. The monoisotopic (exact) mass is 366 g/mol. The van der Waals surface area contributed by atoms with Gasteiger partial charge in [-0.2, -0.15) is 4.31 Å². The van der Waals surface area contributed by atoms with Crippen molar-refractivity contribution in [2.45, 2.75) is 30.3 Å². The van der Waals surface area contributed by atoms with Gasteiger partial charge in [0.2, 0.25) is 5.03 Å². The Morgan fingerprint density at radius 3 is 2.70 bits per heavy atom. The van der Waals surface area contributed by atoms with Crippen molar-refractivity contribution in [1.82, 2.24) is 19.3 Å².